The Labute approximate surface area is 109 Å². The van der Waals surface area contributed by atoms with Crippen molar-refractivity contribution in [3.05, 3.63) is 65.5 Å². The summed E-state index contributed by atoms with van der Waals surface area (Å²) in [4.78, 5) is 22.0. The van der Waals surface area contributed by atoms with E-state index < -0.39 is 11.9 Å². The lowest BCUT2D eigenvalue weighted by molar-refractivity contribution is -0.688. The molecule has 0 amide bonds. The van der Waals surface area contributed by atoms with E-state index in [1.54, 1.807) is 10.8 Å². The van der Waals surface area contributed by atoms with Gasteiger partial charge in [0.1, 0.15) is 5.56 Å². The Kier molecular flexibility index (Phi) is 3.56. The first kappa shape index (κ1) is 12.8. The van der Waals surface area contributed by atoms with Gasteiger partial charge in [-0.15, -0.1) is 0 Å². The van der Waals surface area contributed by atoms with E-state index in [1.165, 1.54) is 12.3 Å². The molecule has 0 atom stereocenters. The van der Waals surface area contributed by atoms with E-state index in [2.05, 4.69) is 0 Å². The van der Waals surface area contributed by atoms with Gasteiger partial charge >= 0.3 is 11.9 Å². The number of hydrogen-bond acceptors (Lipinski definition) is 2. The summed E-state index contributed by atoms with van der Waals surface area (Å²) in [5.74, 6) is -2.50. The molecule has 96 valence electrons. The fourth-order valence-electron chi connectivity index (χ4n) is 1.79. The number of carboxylic acids is 2. The van der Waals surface area contributed by atoms with Crippen molar-refractivity contribution in [3.8, 4) is 0 Å². The van der Waals surface area contributed by atoms with Gasteiger partial charge in [0.25, 0.3) is 0 Å². The van der Waals surface area contributed by atoms with Crippen molar-refractivity contribution in [2.75, 3.05) is 0 Å². The second kappa shape index (κ2) is 5.30. The summed E-state index contributed by atoms with van der Waals surface area (Å²) in [5, 5.41) is 18.0. The molecule has 2 aromatic rings. The molecule has 0 bridgehead atoms. The van der Waals surface area contributed by atoms with Gasteiger partial charge in [0.05, 0.1) is 5.56 Å². The highest BCUT2D eigenvalue weighted by Gasteiger charge is 2.20. The first-order valence-corrected chi connectivity index (χ1v) is 5.61. The van der Waals surface area contributed by atoms with Gasteiger partial charge in [0.15, 0.2) is 18.9 Å². The third kappa shape index (κ3) is 2.95. The van der Waals surface area contributed by atoms with Gasteiger partial charge in [-0.2, -0.15) is 4.57 Å². The summed E-state index contributed by atoms with van der Waals surface area (Å²) in [6, 6.07) is 10.8. The van der Waals surface area contributed by atoms with Gasteiger partial charge in [0, 0.05) is 11.6 Å². The second-order valence-electron chi connectivity index (χ2n) is 4.04. The zero-order valence-electron chi connectivity index (χ0n) is 9.98. The predicted octanol–water partition coefficient (Wildman–Crippen LogP) is 1.42. The number of aromatic carboxylic acids is 2. The van der Waals surface area contributed by atoms with Gasteiger partial charge in [-0.05, 0) is 0 Å². The lowest BCUT2D eigenvalue weighted by atomic mass is 10.1. The molecular weight excluding hydrogens is 246 g/mol. The third-order valence-corrected chi connectivity index (χ3v) is 2.69. The predicted molar refractivity (Wildman–Crippen MR) is 66.1 cm³/mol. The molecule has 2 rings (SSSR count). The monoisotopic (exact) mass is 258 g/mol. The van der Waals surface area contributed by atoms with Crippen LogP contribution in [0.15, 0.2) is 48.8 Å². The molecule has 0 radical (unpaired) electrons. The summed E-state index contributed by atoms with van der Waals surface area (Å²) in [7, 11) is 0. The van der Waals surface area contributed by atoms with Crippen molar-refractivity contribution in [1.29, 1.82) is 0 Å². The average molecular weight is 258 g/mol. The lowest BCUT2D eigenvalue weighted by Crippen LogP contribution is -2.35. The number of rotatable bonds is 4. The molecule has 19 heavy (non-hydrogen) atoms. The number of benzene rings is 1. The lowest BCUT2D eigenvalue weighted by Gasteiger charge is -2.02. The second-order valence-corrected chi connectivity index (χ2v) is 4.04. The van der Waals surface area contributed by atoms with E-state index >= 15 is 0 Å². The molecule has 0 aliphatic rings. The molecule has 5 heteroatoms. The molecule has 1 heterocycles. The van der Waals surface area contributed by atoms with Crippen LogP contribution >= 0.6 is 0 Å². The SMILES string of the molecule is O=C(O)c1cc[n+](Cc2ccccc2)cc1C(=O)O. The van der Waals surface area contributed by atoms with Crippen LogP contribution in [0.2, 0.25) is 0 Å². The number of carbonyl (C=O) groups is 2. The fourth-order valence-corrected chi connectivity index (χ4v) is 1.79. The van der Waals surface area contributed by atoms with Gasteiger partial charge < -0.3 is 10.2 Å². The van der Waals surface area contributed by atoms with Gasteiger partial charge in [-0.1, -0.05) is 30.3 Å². The summed E-state index contributed by atoms with van der Waals surface area (Å²) in [5.41, 5.74) is 0.578. The summed E-state index contributed by atoms with van der Waals surface area (Å²) in [6.07, 6.45) is 2.89. The van der Waals surface area contributed by atoms with Gasteiger partial charge in [-0.25, -0.2) is 9.59 Å². The van der Waals surface area contributed by atoms with Crippen LogP contribution in [0.25, 0.3) is 0 Å². The normalized spacial score (nSPS) is 10.1. The van der Waals surface area contributed by atoms with E-state index in [0.29, 0.717) is 6.54 Å². The number of nitrogens with zero attached hydrogens (tertiary/aromatic N) is 1. The fraction of sp³-hybridized carbons (Fsp3) is 0.0714. The van der Waals surface area contributed by atoms with Gasteiger partial charge in [-0.3, -0.25) is 0 Å². The summed E-state index contributed by atoms with van der Waals surface area (Å²) in [6.45, 7) is 0.487. The Morgan fingerprint density at radius 2 is 1.58 bits per heavy atom. The first-order chi connectivity index (χ1) is 9.08. The van der Waals surface area contributed by atoms with Crippen LogP contribution in [0.3, 0.4) is 0 Å². The largest absolute Gasteiger partial charge is 0.478 e. The highest BCUT2D eigenvalue weighted by molar-refractivity contribution is 6.01. The molecular formula is C14H12NO4+. The van der Waals surface area contributed by atoms with Crippen molar-refractivity contribution in [3.63, 3.8) is 0 Å². The molecule has 0 aliphatic carbocycles. The molecule has 0 spiro atoms. The van der Waals surface area contributed by atoms with Crippen LogP contribution in [-0.2, 0) is 6.54 Å². The zero-order valence-corrected chi connectivity index (χ0v) is 9.98. The topological polar surface area (TPSA) is 78.5 Å². The minimum absolute atomic E-state index is 0.211. The highest BCUT2D eigenvalue weighted by Crippen LogP contribution is 2.06. The molecule has 0 fully saturated rings. The Balaban J connectivity index is 2.36. The minimum Gasteiger partial charge on any atom is -0.478 e. The van der Waals surface area contributed by atoms with Crippen LogP contribution in [0, 0.1) is 0 Å². The smallest absolute Gasteiger partial charge is 0.342 e. The maximum atomic E-state index is 11.1. The number of carboxylic acid groups (broad SMARTS) is 2. The number of hydrogen-bond donors (Lipinski definition) is 2. The van der Waals surface area contributed by atoms with E-state index in [4.69, 9.17) is 10.2 Å². The van der Waals surface area contributed by atoms with Crippen molar-refractivity contribution < 1.29 is 24.4 Å². The minimum atomic E-state index is -1.25. The standard InChI is InChI=1S/C14H11NO4/c16-13(17)11-6-7-15(9-12(11)14(18)19)8-10-4-2-1-3-5-10/h1-7,9H,8H2,(H-,16,17,18,19)/p+1. The Morgan fingerprint density at radius 3 is 2.16 bits per heavy atom. The summed E-state index contributed by atoms with van der Waals surface area (Å²) < 4.78 is 1.64. The molecule has 0 aliphatic heterocycles. The van der Waals surface area contributed by atoms with Gasteiger partial charge in [0.2, 0.25) is 0 Å². The Morgan fingerprint density at radius 1 is 0.947 bits per heavy atom. The average Bonchev–Trinajstić information content (AvgIpc) is 2.39. The maximum absolute atomic E-state index is 11.1. The first-order valence-electron chi connectivity index (χ1n) is 5.61. The Hall–Kier alpha value is -2.69. The van der Waals surface area contributed by atoms with Crippen molar-refractivity contribution >= 4 is 11.9 Å². The van der Waals surface area contributed by atoms with Crippen LogP contribution in [0.1, 0.15) is 26.3 Å². The van der Waals surface area contributed by atoms with E-state index in [1.807, 2.05) is 30.3 Å². The highest BCUT2D eigenvalue weighted by atomic mass is 16.4. The van der Waals surface area contributed by atoms with Crippen molar-refractivity contribution in [1.82, 2.24) is 0 Å². The number of aromatic nitrogens is 1. The van der Waals surface area contributed by atoms with E-state index in [-0.39, 0.29) is 11.1 Å². The van der Waals surface area contributed by atoms with Crippen LogP contribution in [-0.4, -0.2) is 22.2 Å². The maximum Gasteiger partial charge on any atom is 0.342 e. The van der Waals surface area contributed by atoms with Crippen molar-refractivity contribution in [2.24, 2.45) is 0 Å². The molecule has 5 nitrogen and oxygen atoms in total. The Bertz CT molecular complexity index is 623. The van der Waals surface area contributed by atoms with Crippen LogP contribution in [0.5, 0.6) is 0 Å². The van der Waals surface area contributed by atoms with Crippen LogP contribution < -0.4 is 4.57 Å². The molecule has 0 unspecified atom stereocenters. The van der Waals surface area contributed by atoms with E-state index in [0.717, 1.165) is 5.56 Å². The zero-order chi connectivity index (χ0) is 13.8. The third-order valence-electron chi connectivity index (χ3n) is 2.69. The molecule has 0 saturated carbocycles. The molecule has 0 saturated heterocycles. The summed E-state index contributed by atoms with van der Waals surface area (Å²) >= 11 is 0. The van der Waals surface area contributed by atoms with Crippen LogP contribution in [0.4, 0.5) is 0 Å². The molecule has 2 N–H and O–H groups in total. The van der Waals surface area contributed by atoms with E-state index in [9.17, 15) is 9.59 Å². The molecule has 1 aromatic heterocycles. The van der Waals surface area contributed by atoms with Crippen molar-refractivity contribution in [2.45, 2.75) is 6.54 Å². The molecule has 1 aromatic carbocycles. The quantitative estimate of drug-likeness (QED) is 0.813. The number of pyridine rings is 1.